The van der Waals surface area contributed by atoms with E-state index in [1.807, 2.05) is 6.92 Å². The minimum absolute atomic E-state index is 0.00763. The van der Waals surface area contributed by atoms with E-state index in [4.69, 9.17) is 16.3 Å². The fourth-order valence-corrected chi connectivity index (χ4v) is 5.80. The molecule has 3 atom stereocenters. The molecule has 9 nitrogen and oxygen atoms in total. The molecule has 1 aromatic carbocycles. The van der Waals surface area contributed by atoms with Gasteiger partial charge in [-0.3, -0.25) is 14.7 Å². The highest BCUT2D eigenvalue weighted by atomic mass is 35.5. The Labute approximate surface area is 234 Å². The molecule has 5 rings (SSSR count). The molecule has 0 spiro atoms. The number of anilines is 2. The van der Waals surface area contributed by atoms with Crippen molar-refractivity contribution in [3.63, 3.8) is 0 Å². The Morgan fingerprint density at radius 3 is 2.67 bits per heavy atom. The fraction of sp³-hybridized carbons (Fsp3) is 0.556. The van der Waals surface area contributed by atoms with Gasteiger partial charge in [0.2, 0.25) is 11.8 Å². The molecule has 1 aromatic heterocycles. The molecule has 3 fully saturated rings. The molecule has 1 saturated heterocycles. The number of hydrogen-bond donors (Lipinski definition) is 3. The van der Waals surface area contributed by atoms with Gasteiger partial charge in [0, 0.05) is 36.2 Å². The predicted octanol–water partition coefficient (Wildman–Crippen LogP) is 5.87. The van der Waals surface area contributed by atoms with Crippen molar-refractivity contribution >= 4 is 41.0 Å². The molecule has 3 aliphatic rings. The van der Waals surface area contributed by atoms with Crippen molar-refractivity contribution in [3.05, 3.63) is 40.0 Å². The highest BCUT2D eigenvalue weighted by Crippen LogP contribution is 2.45. The second kappa shape index (κ2) is 10.6. The van der Waals surface area contributed by atoms with Crippen LogP contribution in [-0.2, 0) is 20.5 Å². The zero-order valence-electron chi connectivity index (χ0n) is 22.2. The van der Waals surface area contributed by atoms with Crippen molar-refractivity contribution in [3.8, 4) is 0 Å². The van der Waals surface area contributed by atoms with Gasteiger partial charge in [0.15, 0.2) is 5.82 Å². The molecule has 3 amide bonds. The quantitative estimate of drug-likeness (QED) is 0.378. The number of nitrogens with zero attached hydrogens (tertiary/aromatic N) is 2. The SMILES string of the molecule is CC(C(=O)Nc1cc([C@@H]2CC[C@@H](OC(=O)NC3(C)CC3)C2)[nH]n1)c1ccc(N2CCCC2=O)c(C(F)(F)F)c1Cl. The molecule has 2 aliphatic carbocycles. The average Bonchev–Trinajstić information content (AvgIpc) is 3.28. The summed E-state index contributed by atoms with van der Waals surface area (Å²) >= 11 is 6.25. The van der Waals surface area contributed by atoms with E-state index in [1.165, 1.54) is 19.1 Å². The lowest BCUT2D eigenvalue weighted by Crippen LogP contribution is -2.36. The maximum absolute atomic E-state index is 14.0. The third kappa shape index (κ3) is 5.91. The molecule has 13 heteroatoms. The molecule has 1 aliphatic heterocycles. The van der Waals surface area contributed by atoms with E-state index < -0.39 is 40.6 Å². The van der Waals surface area contributed by atoms with Crippen LogP contribution in [0.15, 0.2) is 18.2 Å². The minimum Gasteiger partial charge on any atom is -0.446 e. The van der Waals surface area contributed by atoms with Gasteiger partial charge in [-0.2, -0.15) is 18.3 Å². The van der Waals surface area contributed by atoms with Crippen molar-refractivity contribution in [2.45, 2.75) is 88.4 Å². The molecule has 3 N–H and O–H groups in total. The van der Waals surface area contributed by atoms with Crippen molar-refractivity contribution < 1.29 is 32.3 Å². The van der Waals surface area contributed by atoms with Gasteiger partial charge in [0.25, 0.3) is 0 Å². The van der Waals surface area contributed by atoms with Crippen LogP contribution >= 0.6 is 11.6 Å². The third-order valence-electron chi connectivity index (χ3n) is 8.01. The largest absolute Gasteiger partial charge is 0.446 e. The number of alkyl carbamates (subject to hydrolysis) is 1. The highest BCUT2D eigenvalue weighted by Gasteiger charge is 2.42. The maximum Gasteiger partial charge on any atom is 0.419 e. The number of nitrogens with one attached hydrogen (secondary N) is 3. The number of alkyl halides is 3. The number of ether oxygens (including phenoxy) is 1. The number of aromatic amines is 1. The molecular weight excluding hydrogens is 551 g/mol. The van der Waals surface area contributed by atoms with Gasteiger partial charge in [-0.1, -0.05) is 17.7 Å². The van der Waals surface area contributed by atoms with Gasteiger partial charge < -0.3 is 20.3 Å². The Bertz CT molecular complexity index is 1330. The molecule has 2 saturated carbocycles. The second-order valence-electron chi connectivity index (χ2n) is 11.2. The van der Waals surface area contributed by atoms with Gasteiger partial charge in [0.05, 0.1) is 22.2 Å². The van der Waals surface area contributed by atoms with Gasteiger partial charge in [-0.25, -0.2) is 4.79 Å². The Balaban J connectivity index is 1.24. The highest BCUT2D eigenvalue weighted by molar-refractivity contribution is 6.33. The van der Waals surface area contributed by atoms with Crippen LogP contribution in [-0.4, -0.2) is 46.3 Å². The van der Waals surface area contributed by atoms with Gasteiger partial charge in [-0.05, 0) is 64.0 Å². The Kier molecular flexibility index (Phi) is 7.49. The predicted molar refractivity (Wildman–Crippen MR) is 141 cm³/mol. The van der Waals surface area contributed by atoms with Gasteiger partial charge in [0.1, 0.15) is 6.10 Å². The molecule has 40 heavy (non-hydrogen) atoms. The smallest absolute Gasteiger partial charge is 0.419 e. The summed E-state index contributed by atoms with van der Waals surface area (Å²) in [6.07, 6.45) is -0.866. The van der Waals surface area contributed by atoms with E-state index in [-0.39, 0.29) is 47.6 Å². The van der Waals surface area contributed by atoms with Crippen LogP contribution in [0.3, 0.4) is 0 Å². The Hall–Kier alpha value is -3.28. The number of rotatable bonds is 7. The van der Waals surface area contributed by atoms with E-state index >= 15 is 0 Å². The van der Waals surface area contributed by atoms with Crippen LogP contribution in [0, 0.1) is 0 Å². The number of H-pyrrole nitrogens is 1. The molecule has 0 radical (unpaired) electrons. The van der Waals surface area contributed by atoms with Crippen molar-refractivity contribution in [1.82, 2.24) is 15.5 Å². The average molecular weight is 582 g/mol. The van der Waals surface area contributed by atoms with Crippen LogP contribution in [0.2, 0.25) is 5.02 Å². The van der Waals surface area contributed by atoms with E-state index in [1.54, 1.807) is 6.07 Å². The fourth-order valence-electron chi connectivity index (χ4n) is 5.37. The van der Waals surface area contributed by atoms with E-state index in [0.29, 0.717) is 19.3 Å². The summed E-state index contributed by atoms with van der Waals surface area (Å²) in [6, 6.07) is 4.23. The molecule has 2 heterocycles. The van der Waals surface area contributed by atoms with Crippen LogP contribution in [0.25, 0.3) is 0 Å². The van der Waals surface area contributed by atoms with E-state index in [0.717, 1.165) is 29.9 Å². The standard InChI is InChI=1S/C27H31ClF3N5O4/c1-14(17-7-8-19(36-11-3-4-21(36)37)22(23(17)28)27(29,30)31)24(38)32-20-13-18(34-35-20)15-5-6-16(12-15)40-25(39)33-26(2)9-10-26/h7-8,13-16H,3-6,9-12H2,1-2H3,(H,33,39)(H2,32,34,35,38)/t14?,15-,16-/m1/s1. The Morgan fingerprint density at radius 1 is 1.27 bits per heavy atom. The first-order valence-corrected chi connectivity index (χ1v) is 13.8. The number of hydrogen-bond acceptors (Lipinski definition) is 5. The van der Waals surface area contributed by atoms with Crippen molar-refractivity contribution in [2.24, 2.45) is 0 Å². The van der Waals surface area contributed by atoms with Gasteiger partial charge >= 0.3 is 12.3 Å². The monoisotopic (exact) mass is 581 g/mol. The second-order valence-corrected chi connectivity index (χ2v) is 11.5. The normalized spacial score (nSPS) is 22.8. The molecular formula is C27H31ClF3N5O4. The van der Waals surface area contributed by atoms with Crippen LogP contribution < -0.4 is 15.5 Å². The maximum atomic E-state index is 14.0. The number of carbonyl (C=O) groups is 3. The Morgan fingerprint density at radius 2 is 2.02 bits per heavy atom. The summed E-state index contributed by atoms with van der Waals surface area (Å²) in [5.41, 5.74) is -0.823. The van der Waals surface area contributed by atoms with Crippen molar-refractivity contribution in [1.29, 1.82) is 0 Å². The van der Waals surface area contributed by atoms with E-state index in [2.05, 4.69) is 20.8 Å². The molecule has 216 valence electrons. The molecule has 0 bridgehead atoms. The van der Waals surface area contributed by atoms with Crippen LogP contribution in [0.4, 0.5) is 29.5 Å². The zero-order chi connectivity index (χ0) is 28.8. The van der Waals surface area contributed by atoms with Gasteiger partial charge in [-0.15, -0.1) is 0 Å². The summed E-state index contributed by atoms with van der Waals surface area (Å²) in [6.45, 7) is 3.61. The number of amides is 3. The topological polar surface area (TPSA) is 116 Å². The third-order valence-corrected chi connectivity index (χ3v) is 8.42. The summed E-state index contributed by atoms with van der Waals surface area (Å²) in [5, 5.41) is 12.0. The minimum atomic E-state index is -4.82. The first kappa shape index (κ1) is 28.3. The summed E-state index contributed by atoms with van der Waals surface area (Å²) in [4.78, 5) is 38.3. The molecule has 2 aromatic rings. The number of carbonyl (C=O) groups excluding carboxylic acids is 3. The molecule has 1 unspecified atom stereocenters. The van der Waals surface area contributed by atoms with E-state index in [9.17, 15) is 27.6 Å². The number of benzene rings is 1. The number of aromatic nitrogens is 2. The zero-order valence-corrected chi connectivity index (χ0v) is 22.9. The summed E-state index contributed by atoms with van der Waals surface area (Å²) in [5.74, 6) is -1.74. The van der Waals surface area contributed by atoms with Crippen molar-refractivity contribution in [2.75, 3.05) is 16.8 Å². The summed E-state index contributed by atoms with van der Waals surface area (Å²) in [7, 11) is 0. The first-order chi connectivity index (χ1) is 18.8. The first-order valence-electron chi connectivity index (χ1n) is 13.4. The summed E-state index contributed by atoms with van der Waals surface area (Å²) < 4.78 is 47.7. The van der Waals surface area contributed by atoms with Crippen LogP contribution in [0.1, 0.15) is 87.4 Å². The number of halogens is 4. The lowest BCUT2D eigenvalue weighted by Gasteiger charge is -2.24. The lowest BCUT2D eigenvalue weighted by atomic mass is 9.96. The van der Waals surface area contributed by atoms with Crippen LogP contribution in [0.5, 0.6) is 0 Å². The lowest BCUT2D eigenvalue weighted by molar-refractivity contribution is -0.137.